The van der Waals surface area contributed by atoms with Gasteiger partial charge in [-0.25, -0.2) is 10.9 Å². The Morgan fingerprint density at radius 1 is 0.818 bits per heavy atom. The Hall–Kier alpha value is -0.450. The Labute approximate surface area is 195 Å². The Morgan fingerprint density at radius 2 is 1.48 bits per heavy atom. The first kappa shape index (κ1) is 24.3. The van der Waals surface area contributed by atoms with Gasteiger partial charge in [-0.3, -0.25) is 10.2 Å². The third kappa shape index (κ3) is 5.23. The minimum atomic E-state index is -4.29. The van der Waals surface area contributed by atoms with Gasteiger partial charge in [-0.15, -0.1) is 0 Å². The number of hydrogen-bond donors (Lipinski definition) is 4. The predicted octanol–water partition coefficient (Wildman–Crippen LogP) is 3.58. The van der Waals surface area contributed by atoms with E-state index >= 15 is 0 Å². The van der Waals surface area contributed by atoms with Crippen LogP contribution in [0.1, 0.15) is 83.5 Å². The van der Waals surface area contributed by atoms with E-state index in [0.717, 1.165) is 32.2 Å². The van der Waals surface area contributed by atoms with Crippen LogP contribution in [-0.4, -0.2) is 54.4 Å². The number of alkyl halides is 3. The van der Waals surface area contributed by atoms with Crippen LogP contribution < -0.4 is 21.9 Å². The van der Waals surface area contributed by atoms with Crippen LogP contribution in [0.4, 0.5) is 13.2 Å². The van der Waals surface area contributed by atoms with Crippen molar-refractivity contribution in [2.75, 3.05) is 6.54 Å². The monoisotopic (exact) mass is 473 g/mol. The molecule has 0 aromatic rings. The maximum Gasteiger partial charge on any atom is 0.395 e. The lowest BCUT2D eigenvalue weighted by Crippen LogP contribution is -2.69. The smallest absolute Gasteiger partial charge is 0.340 e. The molecule has 190 valence electrons. The van der Waals surface area contributed by atoms with Gasteiger partial charge < -0.3 is 10.5 Å². The maximum absolute atomic E-state index is 13.8. The van der Waals surface area contributed by atoms with E-state index in [1.165, 1.54) is 44.9 Å². The molecule has 0 aromatic heterocycles. The van der Waals surface area contributed by atoms with Crippen molar-refractivity contribution in [3.8, 4) is 0 Å². The van der Waals surface area contributed by atoms with Crippen LogP contribution in [0.25, 0.3) is 0 Å². The molecule has 4 aliphatic heterocycles. The molecule has 5 aliphatic rings. The minimum Gasteiger partial charge on any atom is -0.340 e. The summed E-state index contributed by atoms with van der Waals surface area (Å²) in [5, 5.41) is 3.85. The van der Waals surface area contributed by atoms with Gasteiger partial charge >= 0.3 is 6.18 Å². The van der Waals surface area contributed by atoms with Gasteiger partial charge in [-0.1, -0.05) is 51.4 Å². The first-order chi connectivity index (χ1) is 15.9. The molecule has 8 atom stereocenters. The summed E-state index contributed by atoms with van der Waals surface area (Å²) in [6, 6.07) is 0.156. The summed E-state index contributed by atoms with van der Waals surface area (Å²) in [4.78, 5) is 2.70. The summed E-state index contributed by atoms with van der Waals surface area (Å²) in [5.74, 6) is -0.328. The molecule has 4 heterocycles. The van der Waals surface area contributed by atoms with Crippen molar-refractivity contribution in [2.45, 2.75) is 126 Å². The molecule has 33 heavy (non-hydrogen) atoms. The number of hydrazine groups is 1. The second-order valence-electron chi connectivity index (χ2n) is 11.2. The lowest BCUT2D eigenvalue weighted by Gasteiger charge is -2.51. The van der Waals surface area contributed by atoms with Gasteiger partial charge in [-0.2, -0.15) is 13.2 Å². The molecule has 1 saturated carbocycles. The summed E-state index contributed by atoms with van der Waals surface area (Å²) < 4.78 is 47.5. The molecule has 4 bridgehead atoms. The van der Waals surface area contributed by atoms with Crippen molar-refractivity contribution in [1.82, 2.24) is 21.1 Å². The van der Waals surface area contributed by atoms with Crippen LogP contribution in [-0.2, 0) is 4.74 Å². The van der Waals surface area contributed by atoms with Crippen LogP contribution in [0.2, 0.25) is 0 Å². The van der Waals surface area contributed by atoms with Crippen molar-refractivity contribution < 1.29 is 17.9 Å². The molecule has 6 nitrogen and oxygen atoms in total. The van der Waals surface area contributed by atoms with E-state index in [0.29, 0.717) is 24.3 Å². The van der Waals surface area contributed by atoms with E-state index in [2.05, 4.69) is 21.1 Å². The van der Waals surface area contributed by atoms with Gasteiger partial charge in [0.2, 0.25) is 0 Å². The van der Waals surface area contributed by atoms with Gasteiger partial charge in [-0.05, 0) is 50.5 Å². The zero-order valence-electron chi connectivity index (χ0n) is 19.7. The number of nitrogens with two attached hydrogens (primary N) is 1. The molecule has 7 unspecified atom stereocenters. The van der Waals surface area contributed by atoms with Gasteiger partial charge in [0.1, 0.15) is 12.5 Å². The summed E-state index contributed by atoms with van der Waals surface area (Å²) in [7, 11) is 0. The molecule has 5 N–H and O–H groups in total. The number of nitrogens with one attached hydrogen (secondary N) is 3. The number of fused-ring (bicyclic) bond motifs is 7. The topological polar surface area (TPSA) is 74.6 Å². The highest BCUT2D eigenvalue weighted by Gasteiger charge is 2.51. The molecule has 5 rings (SSSR count). The van der Waals surface area contributed by atoms with Crippen LogP contribution in [0.15, 0.2) is 0 Å². The molecule has 5 fully saturated rings. The molecule has 1 aliphatic carbocycles. The van der Waals surface area contributed by atoms with Gasteiger partial charge in [0.25, 0.3) is 0 Å². The van der Waals surface area contributed by atoms with Gasteiger partial charge in [0, 0.05) is 12.1 Å². The normalized spacial score (nSPS) is 44.4. The Bertz CT molecular complexity index is 646. The molecule has 0 aromatic carbocycles. The average molecular weight is 474 g/mol. The van der Waals surface area contributed by atoms with E-state index in [1.54, 1.807) is 0 Å². The summed E-state index contributed by atoms with van der Waals surface area (Å²) >= 11 is 0. The van der Waals surface area contributed by atoms with E-state index in [9.17, 15) is 13.2 Å². The lowest BCUT2D eigenvalue weighted by atomic mass is 9.72. The first-order valence-corrected chi connectivity index (χ1v) is 13.4. The highest BCUT2D eigenvalue weighted by molar-refractivity contribution is 5.02. The summed E-state index contributed by atoms with van der Waals surface area (Å²) in [6.07, 6.45) is 7.70. The van der Waals surface area contributed by atoms with Crippen molar-refractivity contribution in [3.63, 3.8) is 0 Å². The van der Waals surface area contributed by atoms with Crippen LogP contribution in [0.3, 0.4) is 0 Å². The molecular formula is C24H42F3N5O. The predicted molar refractivity (Wildman–Crippen MR) is 121 cm³/mol. The quantitative estimate of drug-likeness (QED) is 0.467. The lowest BCUT2D eigenvalue weighted by molar-refractivity contribution is -0.211. The Kier molecular flexibility index (Phi) is 7.55. The molecule has 0 radical (unpaired) electrons. The highest BCUT2D eigenvalue weighted by atomic mass is 19.4. The maximum atomic E-state index is 13.8. The third-order valence-electron chi connectivity index (χ3n) is 9.14. The van der Waals surface area contributed by atoms with Crippen molar-refractivity contribution >= 4 is 0 Å². The second kappa shape index (κ2) is 10.3. The minimum absolute atomic E-state index is 0.0977. The number of rotatable bonds is 1. The molecule has 0 amide bonds. The fourth-order valence-corrected chi connectivity index (χ4v) is 7.40. The van der Waals surface area contributed by atoms with Crippen LogP contribution in [0, 0.1) is 17.8 Å². The van der Waals surface area contributed by atoms with Crippen LogP contribution >= 0.6 is 0 Å². The second-order valence-corrected chi connectivity index (χ2v) is 11.2. The molecule has 9 heteroatoms. The zero-order valence-corrected chi connectivity index (χ0v) is 19.7. The number of piperidine rings is 1. The molecule has 0 spiro atoms. The largest absolute Gasteiger partial charge is 0.395 e. The van der Waals surface area contributed by atoms with Crippen molar-refractivity contribution in [1.29, 1.82) is 0 Å². The van der Waals surface area contributed by atoms with Crippen molar-refractivity contribution in [2.24, 2.45) is 23.5 Å². The Morgan fingerprint density at radius 3 is 2.24 bits per heavy atom. The van der Waals surface area contributed by atoms with E-state index in [1.807, 2.05) is 0 Å². The van der Waals surface area contributed by atoms with Crippen molar-refractivity contribution in [3.05, 3.63) is 0 Å². The van der Waals surface area contributed by atoms with Crippen LogP contribution in [0.5, 0.6) is 0 Å². The number of nitrogens with zero attached hydrogens (tertiary/aromatic N) is 1. The SMILES string of the molecule is NC1CC(C2CCCCC2)C2NC1C1NNC(O1)C(C(F)(F)F)CCCCC[C@@H]1CCCN21. The standard InChI is InChI=1S/C24H42F3N5O/c25-24(26,27)18-12-6-2-5-10-16-11-7-13-32(16)21-17(15-8-3-1-4-9-15)14-19(28)20(29-21)23-31-30-22(18)33-23/h15-23,29-31H,1-14,28H2/t16-,17?,18?,19?,20?,21?,22?,23?/m1/s1. The average Bonchev–Trinajstić information content (AvgIpc) is 3.45. The zero-order chi connectivity index (χ0) is 23.0. The van der Waals surface area contributed by atoms with E-state index < -0.39 is 24.6 Å². The first-order valence-electron chi connectivity index (χ1n) is 13.4. The van der Waals surface area contributed by atoms with E-state index in [4.69, 9.17) is 10.5 Å². The highest BCUT2D eigenvalue weighted by Crippen LogP contribution is 2.41. The Balaban J connectivity index is 1.40. The summed E-state index contributed by atoms with van der Waals surface area (Å²) in [6.45, 7) is 1.10. The fraction of sp³-hybridized carbons (Fsp3) is 1.00. The van der Waals surface area contributed by atoms with E-state index in [-0.39, 0.29) is 24.7 Å². The van der Waals surface area contributed by atoms with Gasteiger partial charge in [0.05, 0.1) is 18.1 Å². The number of ether oxygens (including phenoxy) is 1. The number of hydrogen-bond acceptors (Lipinski definition) is 6. The third-order valence-corrected chi connectivity index (χ3v) is 9.14. The molecule has 4 saturated heterocycles. The number of halogens is 3. The molecular weight excluding hydrogens is 431 g/mol. The van der Waals surface area contributed by atoms with Gasteiger partial charge in [0.15, 0.2) is 0 Å². The fourth-order valence-electron chi connectivity index (χ4n) is 7.40. The summed E-state index contributed by atoms with van der Waals surface area (Å²) in [5.41, 5.74) is 12.6.